The average molecular weight is 773 g/mol. The van der Waals surface area contributed by atoms with Crippen molar-refractivity contribution in [1.29, 1.82) is 0 Å². The number of benzene rings is 1. The molecular weight excluding hydrogens is 711 g/mol. The fraction of sp³-hybridized carbons (Fsp3) is 0.674. The number of ketones is 3. The van der Waals surface area contributed by atoms with E-state index >= 15 is 0 Å². The van der Waals surface area contributed by atoms with Crippen LogP contribution in [0.3, 0.4) is 0 Å². The van der Waals surface area contributed by atoms with Crippen molar-refractivity contribution in [3.8, 4) is 35.5 Å². The average Bonchev–Trinajstić information content (AvgIpc) is 3.10. The lowest BCUT2D eigenvalue weighted by molar-refractivity contribution is -0.129. The first-order chi connectivity index (χ1) is 25.7. The highest BCUT2D eigenvalue weighted by Crippen LogP contribution is 2.34. The molecule has 3 aliphatic carbocycles. The van der Waals surface area contributed by atoms with Gasteiger partial charge in [-0.1, -0.05) is 102 Å². The summed E-state index contributed by atoms with van der Waals surface area (Å²) in [5, 5.41) is 0. The van der Waals surface area contributed by atoms with Crippen LogP contribution in [0, 0.1) is 65.1 Å². The molecule has 0 saturated carbocycles. The number of rotatable bonds is 11. The summed E-state index contributed by atoms with van der Waals surface area (Å²) in [4.78, 5) is 34.8. The molecule has 4 rings (SSSR count). The topological polar surface area (TPSA) is 60.4 Å². The Labute approximate surface area is 326 Å². The van der Waals surface area contributed by atoms with E-state index in [0.29, 0.717) is 56.9 Å². The van der Waals surface area contributed by atoms with Gasteiger partial charge in [0, 0.05) is 60.8 Å². The van der Waals surface area contributed by atoms with Crippen molar-refractivity contribution >= 4 is 17.3 Å². The molecule has 0 radical (unpaired) electrons. The molecule has 0 bridgehead atoms. The highest BCUT2D eigenvalue weighted by atomic mass is 19.3. The van der Waals surface area contributed by atoms with Crippen LogP contribution < -0.4 is 0 Å². The molecule has 0 saturated heterocycles. The van der Waals surface area contributed by atoms with Crippen LogP contribution in [0.25, 0.3) is 0 Å². The second-order valence-electron chi connectivity index (χ2n) is 16.1. The van der Waals surface area contributed by atoms with Crippen LogP contribution in [0.5, 0.6) is 0 Å². The van der Waals surface area contributed by atoms with Gasteiger partial charge in [0.1, 0.15) is 12.4 Å². The minimum absolute atomic E-state index is 0.00483. The van der Waals surface area contributed by atoms with Gasteiger partial charge < -0.3 is 4.74 Å². The zero-order valence-electron chi connectivity index (χ0n) is 33.9. The van der Waals surface area contributed by atoms with E-state index in [2.05, 4.69) is 29.6 Å². The first-order valence-corrected chi connectivity index (χ1v) is 20.0. The van der Waals surface area contributed by atoms with Crippen LogP contribution in [0.15, 0.2) is 24.3 Å². The zero-order chi connectivity index (χ0) is 41.2. The molecule has 4 nitrogen and oxygen atoms in total. The highest BCUT2D eigenvalue weighted by molar-refractivity contribution is 5.97. The summed E-state index contributed by atoms with van der Waals surface area (Å²) in [6.45, 7) is 12.5. The Hall–Kier alpha value is -3.48. The second-order valence-corrected chi connectivity index (χ2v) is 16.1. The lowest BCUT2D eigenvalue weighted by atomic mass is 9.86. The fourth-order valence-electron chi connectivity index (χ4n) is 6.15. The minimum atomic E-state index is -3.00. The largest absolute Gasteiger partial charge is 0.370 e. The molecule has 9 heteroatoms. The lowest BCUT2D eigenvalue weighted by Crippen LogP contribution is -2.30. The predicted molar refractivity (Wildman–Crippen MR) is 208 cm³/mol. The molecule has 0 aromatic heterocycles. The Balaban J connectivity index is 0.000000290. The van der Waals surface area contributed by atoms with E-state index in [0.717, 1.165) is 37.7 Å². The number of Topliss-reactive ketones (excluding diaryl/α,β-unsaturated/α-hetero) is 3. The Morgan fingerprint density at radius 3 is 1.75 bits per heavy atom. The summed E-state index contributed by atoms with van der Waals surface area (Å²) in [6.07, 6.45) is 7.93. The van der Waals surface area contributed by atoms with Crippen molar-refractivity contribution in [2.75, 3.05) is 6.61 Å². The van der Waals surface area contributed by atoms with E-state index in [1.807, 2.05) is 33.6 Å². The first kappa shape index (κ1) is 47.7. The van der Waals surface area contributed by atoms with Gasteiger partial charge in [-0.05, 0) is 75.7 Å². The molecule has 0 N–H and O–H groups in total. The molecule has 3 aliphatic rings. The van der Waals surface area contributed by atoms with Gasteiger partial charge in [0.2, 0.25) is 0 Å². The normalized spacial score (nSPS) is 24.3. The number of ether oxygens (including phenoxy) is 1. The van der Waals surface area contributed by atoms with Crippen LogP contribution in [0.2, 0.25) is 0 Å². The maximum Gasteiger partial charge on any atom is 0.311 e. The molecule has 0 aliphatic heterocycles. The summed E-state index contributed by atoms with van der Waals surface area (Å²) < 4.78 is 74.6. The van der Waals surface area contributed by atoms with Crippen molar-refractivity contribution in [3.05, 3.63) is 35.4 Å². The van der Waals surface area contributed by atoms with Crippen molar-refractivity contribution in [2.24, 2.45) is 29.6 Å². The quantitative estimate of drug-likeness (QED) is 0.128. The van der Waals surface area contributed by atoms with Gasteiger partial charge in [-0.3, -0.25) is 14.4 Å². The Bertz CT molecular complexity index is 1570. The fourth-order valence-corrected chi connectivity index (χ4v) is 6.15. The van der Waals surface area contributed by atoms with Crippen LogP contribution in [-0.2, 0) is 20.7 Å². The zero-order valence-corrected chi connectivity index (χ0v) is 33.9. The molecule has 0 spiro atoms. The highest BCUT2D eigenvalue weighted by Gasteiger charge is 2.39. The van der Waals surface area contributed by atoms with Crippen molar-refractivity contribution < 1.29 is 41.1 Å². The smallest absolute Gasteiger partial charge is 0.311 e. The maximum atomic E-state index is 14.1. The van der Waals surface area contributed by atoms with Crippen molar-refractivity contribution in [3.63, 3.8) is 0 Å². The van der Waals surface area contributed by atoms with Gasteiger partial charge in [-0.15, -0.1) is 0 Å². The Morgan fingerprint density at radius 1 is 0.673 bits per heavy atom. The van der Waals surface area contributed by atoms with Gasteiger partial charge in [0.25, 0.3) is 0 Å². The van der Waals surface area contributed by atoms with E-state index in [4.69, 9.17) is 4.74 Å². The lowest BCUT2D eigenvalue weighted by Gasteiger charge is -2.24. The summed E-state index contributed by atoms with van der Waals surface area (Å²) in [7, 11) is 0. The summed E-state index contributed by atoms with van der Waals surface area (Å²) >= 11 is 0. The van der Waals surface area contributed by atoms with E-state index in [1.165, 1.54) is 6.92 Å². The minimum Gasteiger partial charge on any atom is -0.370 e. The molecule has 304 valence electrons. The molecule has 1 aromatic rings. The molecule has 0 heterocycles. The number of halogens is 5. The standard InChI is InChI=1S/C19H22F2O.C14H21FO2.C13H18F2O/c1-14(2)18(22)16-10-8-15(9-11-16)13-17-7-5-3-4-6-12-19(17,20)21;1-11(2)13(16)10-17-12-6-4-5-8-14(3,15)9-7-12;1-10(2)12(16)9-11-7-5-3-4-6-8-13(11,14)15/h8-11,14,17H,3-5,7,13H2,1-2H3;11-12H,4,6-7,9-10H2,1-3H3;10-11H,3-5,7,9H2,1-2H3. The number of carbonyl (C=O) groups is 3. The second kappa shape index (κ2) is 22.9. The summed E-state index contributed by atoms with van der Waals surface area (Å²) in [5.74, 6) is 6.99. The molecule has 4 unspecified atom stereocenters. The molecule has 0 amide bonds. The molecular formula is C46H61F5O4. The van der Waals surface area contributed by atoms with Gasteiger partial charge in [0.15, 0.2) is 17.2 Å². The van der Waals surface area contributed by atoms with Crippen molar-refractivity contribution in [1.82, 2.24) is 0 Å². The third-order valence-corrected chi connectivity index (χ3v) is 10.1. The third-order valence-electron chi connectivity index (χ3n) is 10.1. The Morgan fingerprint density at radius 2 is 1.20 bits per heavy atom. The number of alkyl halides is 5. The van der Waals surface area contributed by atoms with Gasteiger partial charge in [-0.25, -0.2) is 4.39 Å². The molecule has 55 heavy (non-hydrogen) atoms. The van der Waals surface area contributed by atoms with E-state index in [1.54, 1.807) is 38.1 Å². The van der Waals surface area contributed by atoms with E-state index in [-0.39, 0.29) is 54.2 Å². The van der Waals surface area contributed by atoms with Crippen LogP contribution in [0.1, 0.15) is 148 Å². The number of carbonyl (C=O) groups excluding carboxylic acids is 3. The summed E-state index contributed by atoms with van der Waals surface area (Å²) in [6, 6.07) is 7.06. The first-order valence-electron chi connectivity index (χ1n) is 20.0. The van der Waals surface area contributed by atoms with Crippen LogP contribution in [0.4, 0.5) is 22.0 Å². The Kier molecular flexibility index (Phi) is 19.9. The number of hydrogen-bond acceptors (Lipinski definition) is 4. The number of hydrogen-bond donors (Lipinski definition) is 0. The van der Waals surface area contributed by atoms with Crippen LogP contribution in [-0.4, -0.2) is 47.6 Å². The van der Waals surface area contributed by atoms with Crippen molar-refractivity contribution in [2.45, 2.75) is 162 Å². The molecule has 0 fully saturated rings. The van der Waals surface area contributed by atoms with E-state index in [9.17, 15) is 36.3 Å². The van der Waals surface area contributed by atoms with Crippen LogP contribution >= 0.6 is 0 Å². The predicted octanol–water partition coefficient (Wildman–Crippen LogP) is 11.2. The van der Waals surface area contributed by atoms with Gasteiger partial charge in [-0.2, -0.15) is 17.6 Å². The van der Waals surface area contributed by atoms with E-state index < -0.39 is 29.3 Å². The van der Waals surface area contributed by atoms with Gasteiger partial charge in [0.05, 0.1) is 6.10 Å². The monoisotopic (exact) mass is 772 g/mol. The van der Waals surface area contributed by atoms with Gasteiger partial charge >= 0.3 is 11.8 Å². The third kappa shape index (κ3) is 17.9. The SMILES string of the molecule is CC(C)C(=O)CC1CCCCC#CC1(F)F.CC(C)C(=O)COC1CCC#CC(C)(F)CC1.CC(C)C(=O)c1ccc(CC2CCCCC#CC2(F)F)cc1. The molecule has 1 aromatic carbocycles. The molecule has 4 atom stereocenters. The maximum absolute atomic E-state index is 14.1. The summed E-state index contributed by atoms with van der Waals surface area (Å²) in [5.41, 5.74) is 0.0692.